The molecule has 1 amide bonds. The molecule has 0 aliphatic carbocycles. The lowest BCUT2D eigenvalue weighted by Gasteiger charge is -2.15. The first-order valence-electron chi connectivity index (χ1n) is 5.28. The fourth-order valence-electron chi connectivity index (χ4n) is 2.02. The van der Waals surface area contributed by atoms with Crippen molar-refractivity contribution in [2.75, 3.05) is 18.2 Å². The van der Waals surface area contributed by atoms with E-state index in [2.05, 4.69) is 18.2 Å². The zero-order valence-electron chi connectivity index (χ0n) is 9.01. The summed E-state index contributed by atoms with van der Waals surface area (Å²) < 4.78 is 6.79. The standard InChI is InChI=1S/C12H12N2O2/c1-9-2-3-10-4-5-13(11(10)8-9)14-6-7-16-12(14)15/h2-5,8H,6-7H2,1H3. The maximum absolute atomic E-state index is 11.5. The molecule has 1 aliphatic rings. The number of fused-ring (bicyclic) bond motifs is 1. The number of cyclic esters (lactones) is 1. The Labute approximate surface area is 93.0 Å². The summed E-state index contributed by atoms with van der Waals surface area (Å²) in [6.07, 6.45) is 1.62. The summed E-state index contributed by atoms with van der Waals surface area (Å²) in [4.78, 5) is 11.5. The first kappa shape index (κ1) is 9.27. The molecular formula is C12H12N2O2. The lowest BCUT2D eigenvalue weighted by molar-refractivity contribution is 0.178. The van der Waals surface area contributed by atoms with Gasteiger partial charge >= 0.3 is 6.09 Å². The zero-order valence-corrected chi connectivity index (χ0v) is 9.01. The molecular weight excluding hydrogens is 204 g/mol. The van der Waals surface area contributed by atoms with Crippen LogP contribution in [0.15, 0.2) is 30.5 Å². The molecule has 1 aromatic carbocycles. The molecule has 0 atom stereocenters. The predicted octanol–water partition coefficient (Wildman–Crippen LogP) is 2.04. The third kappa shape index (κ3) is 1.26. The van der Waals surface area contributed by atoms with Gasteiger partial charge in [-0.15, -0.1) is 0 Å². The van der Waals surface area contributed by atoms with Crippen LogP contribution in [0.4, 0.5) is 4.79 Å². The highest BCUT2D eigenvalue weighted by Gasteiger charge is 2.24. The molecule has 82 valence electrons. The molecule has 0 spiro atoms. The molecule has 0 N–H and O–H groups in total. The Morgan fingerprint density at radius 1 is 1.31 bits per heavy atom. The van der Waals surface area contributed by atoms with Crippen LogP contribution in [0, 0.1) is 6.92 Å². The summed E-state index contributed by atoms with van der Waals surface area (Å²) in [6.45, 7) is 3.11. The third-order valence-electron chi connectivity index (χ3n) is 2.83. The first-order valence-corrected chi connectivity index (χ1v) is 5.28. The van der Waals surface area contributed by atoms with Crippen LogP contribution < -0.4 is 5.01 Å². The molecule has 0 unspecified atom stereocenters. The second-order valence-electron chi connectivity index (χ2n) is 3.96. The molecule has 0 saturated carbocycles. The molecule has 4 heteroatoms. The first-order chi connectivity index (χ1) is 7.75. The van der Waals surface area contributed by atoms with E-state index in [1.807, 2.05) is 23.9 Å². The number of carbonyl (C=O) groups is 1. The Kier molecular flexibility index (Phi) is 1.89. The van der Waals surface area contributed by atoms with E-state index in [9.17, 15) is 4.79 Å². The van der Waals surface area contributed by atoms with Crippen molar-refractivity contribution in [1.82, 2.24) is 4.68 Å². The van der Waals surface area contributed by atoms with Crippen molar-refractivity contribution in [2.45, 2.75) is 6.92 Å². The molecule has 3 rings (SSSR count). The van der Waals surface area contributed by atoms with E-state index in [1.165, 1.54) is 5.56 Å². The fraction of sp³-hybridized carbons (Fsp3) is 0.250. The van der Waals surface area contributed by atoms with Crippen LogP contribution >= 0.6 is 0 Å². The van der Waals surface area contributed by atoms with Crippen molar-refractivity contribution in [3.05, 3.63) is 36.0 Å². The van der Waals surface area contributed by atoms with Gasteiger partial charge in [0.05, 0.1) is 12.1 Å². The number of benzene rings is 1. The number of amides is 1. The van der Waals surface area contributed by atoms with Gasteiger partial charge in [0.2, 0.25) is 0 Å². The number of aromatic nitrogens is 1. The van der Waals surface area contributed by atoms with Crippen molar-refractivity contribution < 1.29 is 9.53 Å². The van der Waals surface area contributed by atoms with Gasteiger partial charge in [0.15, 0.2) is 0 Å². The molecule has 1 aromatic heterocycles. The molecule has 0 radical (unpaired) electrons. The number of carbonyl (C=O) groups excluding carboxylic acids is 1. The zero-order chi connectivity index (χ0) is 11.1. The Bertz CT molecular complexity index is 559. The summed E-state index contributed by atoms with van der Waals surface area (Å²) in [7, 11) is 0. The van der Waals surface area contributed by atoms with Gasteiger partial charge in [0.25, 0.3) is 0 Å². The number of hydrogen-bond donors (Lipinski definition) is 0. The lowest BCUT2D eigenvalue weighted by Crippen LogP contribution is -2.34. The van der Waals surface area contributed by atoms with Crippen LogP contribution in [0.5, 0.6) is 0 Å². The summed E-state index contributed by atoms with van der Waals surface area (Å²) in [5.41, 5.74) is 2.22. The van der Waals surface area contributed by atoms with Crippen LogP contribution in [-0.4, -0.2) is 23.9 Å². The normalized spacial score (nSPS) is 15.8. The third-order valence-corrected chi connectivity index (χ3v) is 2.83. The highest BCUT2D eigenvalue weighted by molar-refractivity contribution is 5.86. The minimum atomic E-state index is -0.279. The maximum Gasteiger partial charge on any atom is 0.429 e. The minimum Gasteiger partial charge on any atom is -0.446 e. The number of nitrogens with zero attached hydrogens (tertiary/aromatic N) is 2. The van der Waals surface area contributed by atoms with Gasteiger partial charge in [0, 0.05) is 11.6 Å². The number of ether oxygens (including phenoxy) is 1. The van der Waals surface area contributed by atoms with E-state index >= 15 is 0 Å². The van der Waals surface area contributed by atoms with Gasteiger partial charge < -0.3 is 4.74 Å². The molecule has 1 aliphatic heterocycles. The van der Waals surface area contributed by atoms with Crippen molar-refractivity contribution in [2.24, 2.45) is 0 Å². The highest BCUT2D eigenvalue weighted by atomic mass is 16.6. The second kappa shape index (κ2) is 3.27. The Morgan fingerprint density at radius 3 is 2.94 bits per heavy atom. The second-order valence-corrected chi connectivity index (χ2v) is 3.96. The molecule has 1 fully saturated rings. The van der Waals surface area contributed by atoms with Crippen LogP contribution in [0.25, 0.3) is 10.9 Å². The van der Waals surface area contributed by atoms with Gasteiger partial charge in [0.1, 0.15) is 6.61 Å². The topological polar surface area (TPSA) is 34.5 Å². The van der Waals surface area contributed by atoms with Crippen molar-refractivity contribution >= 4 is 17.0 Å². The summed E-state index contributed by atoms with van der Waals surface area (Å²) in [6, 6.07) is 8.19. The maximum atomic E-state index is 11.5. The summed E-state index contributed by atoms with van der Waals surface area (Å²) >= 11 is 0. The van der Waals surface area contributed by atoms with Gasteiger partial charge in [-0.2, -0.15) is 0 Å². The molecule has 2 aromatic rings. The smallest absolute Gasteiger partial charge is 0.429 e. The molecule has 16 heavy (non-hydrogen) atoms. The van der Waals surface area contributed by atoms with Gasteiger partial charge in [-0.25, -0.2) is 9.80 Å². The minimum absolute atomic E-state index is 0.279. The Morgan fingerprint density at radius 2 is 2.19 bits per heavy atom. The number of hydrogen-bond acceptors (Lipinski definition) is 2. The van der Waals surface area contributed by atoms with Crippen LogP contribution in [0.1, 0.15) is 5.56 Å². The SMILES string of the molecule is Cc1ccc2ccn(N3CCOC3=O)c2c1. The van der Waals surface area contributed by atoms with Crippen LogP contribution in [-0.2, 0) is 4.74 Å². The molecule has 2 heterocycles. The van der Waals surface area contributed by atoms with Crippen molar-refractivity contribution in [1.29, 1.82) is 0 Å². The average molecular weight is 216 g/mol. The quantitative estimate of drug-likeness (QED) is 0.731. The molecule has 0 bridgehead atoms. The molecule has 1 saturated heterocycles. The average Bonchev–Trinajstić information content (AvgIpc) is 2.83. The summed E-state index contributed by atoms with van der Waals surface area (Å²) in [5.74, 6) is 0. The largest absolute Gasteiger partial charge is 0.446 e. The molecule has 4 nitrogen and oxygen atoms in total. The number of rotatable bonds is 1. The number of aryl methyl sites for hydroxylation is 1. The van der Waals surface area contributed by atoms with E-state index in [0.29, 0.717) is 13.2 Å². The van der Waals surface area contributed by atoms with E-state index in [4.69, 9.17) is 4.74 Å². The van der Waals surface area contributed by atoms with Crippen LogP contribution in [0.3, 0.4) is 0 Å². The van der Waals surface area contributed by atoms with Crippen molar-refractivity contribution in [3.8, 4) is 0 Å². The van der Waals surface area contributed by atoms with Gasteiger partial charge in [-0.3, -0.25) is 4.68 Å². The summed E-state index contributed by atoms with van der Waals surface area (Å²) in [5, 5.41) is 2.74. The van der Waals surface area contributed by atoms with E-state index in [-0.39, 0.29) is 6.09 Å². The predicted molar refractivity (Wildman–Crippen MR) is 61.1 cm³/mol. The van der Waals surface area contributed by atoms with E-state index in [1.54, 1.807) is 5.01 Å². The van der Waals surface area contributed by atoms with Crippen LogP contribution in [0.2, 0.25) is 0 Å². The highest BCUT2D eigenvalue weighted by Crippen LogP contribution is 2.19. The Hall–Kier alpha value is -1.97. The fourth-order valence-corrected chi connectivity index (χ4v) is 2.02. The Balaban J connectivity index is 2.16. The van der Waals surface area contributed by atoms with E-state index < -0.39 is 0 Å². The van der Waals surface area contributed by atoms with Gasteiger partial charge in [-0.05, 0) is 24.6 Å². The van der Waals surface area contributed by atoms with E-state index in [0.717, 1.165) is 10.9 Å². The monoisotopic (exact) mass is 216 g/mol. The van der Waals surface area contributed by atoms with Crippen molar-refractivity contribution in [3.63, 3.8) is 0 Å². The lowest BCUT2D eigenvalue weighted by atomic mass is 10.2. The van der Waals surface area contributed by atoms with Gasteiger partial charge in [-0.1, -0.05) is 12.1 Å².